The van der Waals surface area contributed by atoms with Crippen molar-refractivity contribution in [1.82, 2.24) is 4.90 Å². The number of ether oxygens (including phenoxy) is 2. The molecular weight excluding hydrogens is 346 g/mol. The van der Waals surface area contributed by atoms with Crippen LogP contribution in [0, 0.1) is 0 Å². The second kappa shape index (κ2) is 7.40. The van der Waals surface area contributed by atoms with Crippen LogP contribution in [0.1, 0.15) is 29.9 Å². The van der Waals surface area contributed by atoms with E-state index >= 15 is 0 Å². The predicted octanol–water partition coefficient (Wildman–Crippen LogP) is 3.46. The number of hydrogen-bond acceptors (Lipinski definition) is 4. The zero-order valence-corrected chi connectivity index (χ0v) is 14.8. The largest absolute Gasteiger partial charge is 0.480 e. The SMILES string of the molecule is O=C(O)CN(C(=O)OCC1c2ccccc2-c2ccccc21)[C@@H]1CCCO1. The molecular formula is C21H21NO5. The number of hydrogen-bond donors (Lipinski definition) is 1. The van der Waals surface area contributed by atoms with Crippen LogP contribution in [0.5, 0.6) is 0 Å². The average Bonchev–Trinajstić information content (AvgIpc) is 3.31. The van der Waals surface area contributed by atoms with Crippen LogP contribution in [0.3, 0.4) is 0 Å². The maximum absolute atomic E-state index is 12.6. The number of carboxylic acids is 1. The summed E-state index contributed by atoms with van der Waals surface area (Å²) in [6, 6.07) is 16.2. The van der Waals surface area contributed by atoms with Crippen molar-refractivity contribution in [1.29, 1.82) is 0 Å². The van der Waals surface area contributed by atoms with Crippen molar-refractivity contribution in [2.45, 2.75) is 25.0 Å². The molecule has 1 N–H and O–H groups in total. The normalized spacial score (nSPS) is 18.0. The van der Waals surface area contributed by atoms with E-state index in [9.17, 15) is 9.59 Å². The fraction of sp³-hybridized carbons (Fsp3) is 0.333. The van der Waals surface area contributed by atoms with Crippen LogP contribution in [0.25, 0.3) is 11.1 Å². The first kappa shape index (κ1) is 17.5. The number of nitrogens with zero attached hydrogens (tertiary/aromatic N) is 1. The summed E-state index contributed by atoms with van der Waals surface area (Å²) >= 11 is 0. The molecule has 0 bridgehead atoms. The fourth-order valence-corrected chi connectivity index (χ4v) is 3.91. The molecule has 2 aliphatic rings. The van der Waals surface area contributed by atoms with Gasteiger partial charge in [0.15, 0.2) is 0 Å². The summed E-state index contributed by atoms with van der Waals surface area (Å²) in [4.78, 5) is 24.9. The third-order valence-electron chi connectivity index (χ3n) is 5.13. The van der Waals surface area contributed by atoms with Crippen LogP contribution in [0.2, 0.25) is 0 Å². The molecule has 0 aromatic heterocycles. The van der Waals surface area contributed by atoms with Crippen LogP contribution in [-0.2, 0) is 14.3 Å². The van der Waals surface area contributed by atoms with Gasteiger partial charge in [-0.3, -0.25) is 9.69 Å². The summed E-state index contributed by atoms with van der Waals surface area (Å²) in [7, 11) is 0. The number of rotatable bonds is 5. The zero-order valence-electron chi connectivity index (χ0n) is 14.8. The summed E-state index contributed by atoms with van der Waals surface area (Å²) < 4.78 is 11.0. The Labute approximate surface area is 157 Å². The molecule has 1 heterocycles. The van der Waals surface area contributed by atoms with E-state index in [-0.39, 0.29) is 12.5 Å². The molecule has 1 fully saturated rings. The van der Waals surface area contributed by atoms with Gasteiger partial charge in [-0.25, -0.2) is 4.79 Å². The standard InChI is InChI=1S/C21H21NO5/c23-20(24)12-22(19-10-5-11-26-19)21(25)27-13-18-16-8-3-1-6-14(16)15-7-2-4-9-17(15)18/h1-4,6-9,18-19H,5,10-13H2,(H,23,24)/t19-/m0/s1. The Morgan fingerprint density at radius 2 is 1.70 bits per heavy atom. The topological polar surface area (TPSA) is 76.1 Å². The zero-order chi connectivity index (χ0) is 18.8. The van der Waals surface area contributed by atoms with Crippen molar-refractivity contribution in [3.63, 3.8) is 0 Å². The summed E-state index contributed by atoms with van der Waals surface area (Å²) in [5.41, 5.74) is 4.54. The molecule has 6 nitrogen and oxygen atoms in total. The summed E-state index contributed by atoms with van der Waals surface area (Å²) in [6.07, 6.45) is 0.248. The van der Waals surface area contributed by atoms with E-state index in [4.69, 9.17) is 14.6 Å². The van der Waals surface area contributed by atoms with E-state index < -0.39 is 24.8 Å². The molecule has 1 aliphatic heterocycles. The van der Waals surface area contributed by atoms with Gasteiger partial charge in [-0.15, -0.1) is 0 Å². The van der Waals surface area contributed by atoms with Gasteiger partial charge in [0, 0.05) is 12.5 Å². The van der Waals surface area contributed by atoms with E-state index in [1.807, 2.05) is 36.4 Å². The highest BCUT2D eigenvalue weighted by molar-refractivity contribution is 5.79. The van der Waals surface area contributed by atoms with Crippen molar-refractivity contribution in [2.24, 2.45) is 0 Å². The number of aliphatic carboxylic acids is 1. The third-order valence-corrected chi connectivity index (χ3v) is 5.13. The van der Waals surface area contributed by atoms with E-state index in [1.165, 1.54) is 4.90 Å². The van der Waals surface area contributed by atoms with E-state index in [0.29, 0.717) is 13.0 Å². The lowest BCUT2D eigenvalue weighted by Crippen LogP contribution is -2.43. The van der Waals surface area contributed by atoms with Crippen LogP contribution >= 0.6 is 0 Å². The van der Waals surface area contributed by atoms with Crippen molar-refractivity contribution < 1.29 is 24.2 Å². The van der Waals surface area contributed by atoms with E-state index in [2.05, 4.69) is 12.1 Å². The molecule has 0 unspecified atom stereocenters. The molecule has 27 heavy (non-hydrogen) atoms. The first-order chi connectivity index (χ1) is 13.1. The molecule has 0 saturated carbocycles. The minimum absolute atomic E-state index is 0.0578. The quantitative estimate of drug-likeness (QED) is 0.876. The molecule has 0 radical (unpaired) electrons. The first-order valence-corrected chi connectivity index (χ1v) is 9.10. The summed E-state index contributed by atoms with van der Waals surface area (Å²) in [5, 5.41) is 9.13. The Hall–Kier alpha value is -2.86. The molecule has 1 saturated heterocycles. The Morgan fingerprint density at radius 3 is 2.26 bits per heavy atom. The monoisotopic (exact) mass is 367 g/mol. The Morgan fingerprint density at radius 1 is 1.07 bits per heavy atom. The maximum Gasteiger partial charge on any atom is 0.412 e. The molecule has 140 valence electrons. The van der Waals surface area contributed by atoms with Gasteiger partial charge in [-0.05, 0) is 35.1 Å². The predicted molar refractivity (Wildman–Crippen MR) is 98.4 cm³/mol. The Balaban J connectivity index is 1.52. The maximum atomic E-state index is 12.6. The summed E-state index contributed by atoms with van der Waals surface area (Å²) in [6.45, 7) is 0.258. The molecule has 4 rings (SSSR count). The molecule has 2 aromatic carbocycles. The average molecular weight is 367 g/mol. The number of carbonyl (C=O) groups is 2. The lowest BCUT2D eigenvalue weighted by molar-refractivity contribution is -0.140. The van der Waals surface area contributed by atoms with Crippen molar-refractivity contribution in [3.05, 3.63) is 59.7 Å². The number of carbonyl (C=O) groups excluding carboxylic acids is 1. The Kier molecular flexibility index (Phi) is 4.81. The van der Waals surface area contributed by atoms with Gasteiger partial charge >= 0.3 is 12.1 Å². The molecule has 0 spiro atoms. The smallest absolute Gasteiger partial charge is 0.412 e. The molecule has 1 amide bonds. The van der Waals surface area contributed by atoms with Crippen molar-refractivity contribution in [2.75, 3.05) is 19.8 Å². The lowest BCUT2D eigenvalue weighted by Gasteiger charge is -2.26. The fourth-order valence-electron chi connectivity index (χ4n) is 3.91. The van der Waals surface area contributed by atoms with E-state index in [1.54, 1.807) is 0 Å². The van der Waals surface area contributed by atoms with Gasteiger partial charge in [0.1, 0.15) is 19.4 Å². The lowest BCUT2D eigenvalue weighted by atomic mass is 9.98. The highest BCUT2D eigenvalue weighted by atomic mass is 16.6. The number of benzene rings is 2. The molecule has 2 aromatic rings. The van der Waals surface area contributed by atoms with Gasteiger partial charge in [-0.2, -0.15) is 0 Å². The number of fused-ring (bicyclic) bond motifs is 3. The van der Waals surface area contributed by atoms with Crippen molar-refractivity contribution >= 4 is 12.1 Å². The second-order valence-corrected chi connectivity index (χ2v) is 6.79. The van der Waals surface area contributed by atoms with Gasteiger partial charge in [0.2, 0.25) is 0 Å². The number of amides is 1. The minimum Gasteiger partial charge on any atom is -0.480 e. The minimum atomic E-state index is -1.08. The van der Waals surface area contributed by atoms with Crippen LogP contribution in [-0.4, -0.2) is 48.1 Å². The highest BCUT2D eigenvalue weighted by Crippen LogP contribution is 2.44. The molecule has 6 heteroatoms. The van der Waals surface area contributed by atoms with Gasteiger partial charge in [0.05, 0.1) is 0 Å². The Bertz CT molecular complexity index is 814. The van der Waals surface area contributed by atoms with Crippen LogP contribution in [0.4, 0.5) is 4.79 Å². The number of carboxylic acid groups (broad SMARTS) is 1. The van der Waals surface area contributed by atoms with Crippen LogP contribution < -0.4 is 0 Å². The highest BCUT2D eigenvalue weighted by Gasteiger charge is 2.33. The third kappa shape index (κ3) is 3.40. The van der Waals surface area contributed by atoms with Crippen molar-refractivity contribution in [3.8, 4) is 11.1 Å². The second-order valence-electron chi connectivity index (χ2n) is 6.79. The van der Waals surface area contributed by atoms with Gasteiger partial charge < -0.3 is 14.6 Å². The van der Waals surface area contributed by atoms with Gasteiger partial charge in [-0.1, -0.05) is 48.5 Å². The summed E-state index contributed by atoms with van der Waals surface area (Å²) in [5.74, 6) is -1.14. The molecule has 1 aliphatic carbocycles. The van der Waals surface area contributed by atoms with Crippen LogP contribution in [0.15, 0.2) is 48.5 Å². The van der Waals surface area contributed by atoms with E-state index in [0.717, 1.165) is 28.7 Å². The first-order valence-electron chi connectivity index (χ1n) is 9.10. The van der Waals surface area contributed by atoms with Gasteiger partial charge in [0.25, 0.3) is 0 Å². The molecule has 1 atom stereocenters.